The molecule has 0 bridgehead atoms. The molecule has 0 saturated carbocycles. The van der Waals surface area contributed by atoms with E-state index in [1.54, 1.807) is 11.9 Å². The number of amides is 1. The van der Waals surface area contributed by atoms with Crippen molar-refractivity contribution in [2.24, 2.45) is 0 Å². The zero-order valence-corrected chi connectivity index (χ0v) is 11.2. The van der Waals surface area contributed by atoms with Gasteiger partial charge in [-0.3, -0.25) is 4.79 Å². The predicted molar refractivity (Wildman–Crippen MR) is 55.4 cm³/mol. The second-order valence-corrected chi connectivity index (χ2v) is 4.33. The quantitative estimate of drug-likeness (QED) is 0.405. The zero-order valence-electron chi connectivity index (χ0n) is 9.59. The van der Waals surface area contributed by atoms with Gasteiger partial charge in [-0.25, -0.2) is 0 Å². The van der Waals surface area contributed by atoms with Gasteiger partial charge in [0.2, 0.25) is 5.91 Å². The van der Waals surface area contributed by atoms with Gasteiger partial charge in [-0.05, 0) is 6.08 Å². The first-order valence-corrected chi connectivity index (χ1v) is 4.55. The Balaban J connectivity index is 0. The lowest BCUT2D eigenvalue weighted by Crippen LogP contribution is -3.00. The van der Waals surface area contributed by atoms with Gasteiger partial charge in [-0.2, -0.15) is 0 Å². The van der Waals surface area contributed by atoms with Crippen molar-refractivity contribution in [2.45, 2.75) is 6.42 Å². The largest absolute Gasteiger partial charge is 1.00 e. The summed E-state index contributed by atoms with van der Waals surface area (Å²) in [5.41, 5.74) is 0. The first kappa shape index (κ1) is 16.1. The van der Waals surface area contributed by atoms with Crippen LogP contribution in [0.5, 0.6) is 0 Å². The molecule has 0 rings (SSSR count). The molecule has 1 amide bonds. The SMILES string of the molecule is C=CC(=O)N(C)CCC[N+](C)(C)C.[Br-]. The fourth-order valence-corrected chi connectivity index (χ4v) is 1.05. The summed E-state index contributed by atoms with van der Waals surface area (Å²) in [5, 5.41) is 0. The van der Waals surface area contributed by atoms with E-state index in [0.29, 0.717) is 0 Å². The molecule has 0 saturated heterocycles. The normalized spacial score (nSPS) is 10.3. The van der Waals surface area contributed by atoms with Crippen molar-refractivity contribution in [1.29, 1.82) is 0 Å². The van der Waals surface area contributed by atoms with E-state index in [2.05, 4.69) is 27.7 Å². The van der Waals surface area contributed by atoms with Crippen molar-refractivity contribution >= 4 is 5.91 Å². The molecule has 0 radical (unpaired) electrons. The molecule has 0 aromatic carbocycles. The Labute approximate surface area is 97.7 Å². The van der Waals surface area contributed by atoms with E-state index in [1.165, 1.54) is 6.08 Å². The van der Waals surface area contributed by atoms with E-state index in [4.69, 9.17) is 0 Å². The van der Waals surface area contributed by atoms with Gasteiger partial charge in [0.1, 0.15) is 0 Å². The second kappa shape index (κ2) is 7.01. The van der Waals surface area contributed by atoms with Crippen LogP contribution in [-0.4, -0.2) is 56.6 Å². The van der Waals surface area contributed by atoms with Crippen LogP contribution in [0, 0.1) is 0 Å². The number of carbonyl (C=O) groups excluding carboxylic acids is 1. The maximum absolute atomic E-state index is 11.1. The topological polar surface area (TPSA) is 20.3 Å². The molecule has 0 fully saturated rings. The van der Waals surface area contributed by atoms with E-state index in [9.17, 15) is 4.79 Å². The van der Waals surface area contributed by atoms with Crippen molar-refractivity contribution in [3.05, 3.63) is 12.7 Å². The van der Waals surface area contributed by atoms with E-state index < -0.39 is 0 Å². The third-order valence-corrected chi connectivity index (χ3v) is 1.87. The Kier molecular flexibility index (Phi) is 8.06. The lowest BCUT2D eigenvalue weighted by Gasteiger charge is -2.25. The monoisotopic (exact) mass is 264 g/mol. The highest BCUT2D eigenvalue weighted by atomic mass is 79.9. The van der Waals surface area contributed by atoms with Gasteiger partial charge in [0.25, 0.3) is 0 Å². The molecule has 0 spiro atoms. The Morgan fingerprint density at radius 3 is 2.29 bits per heavy atom. The number of hydrogen-bond donors (Lipinski definition) is 0. The minimum atomic E-state index is 0. The molecule has 84 valence electrons. The average molecular weight is 265 g/mol. The fourth-order valence-electron chi connectivity index (χ4n) is 1.05. The first-order valence-electron chi connectivity index (χ1n) is 4.55. The van der Waals surface area contributed by atoms with Crippen LogP contribution in [0.4, 0.5) is 0 Å². The molecular formula is C10H21BrN2O. The standard InChI is InChI=1S/C10H21N2O.BrH/c1-6-10(13)11(2)8-7-9-12(3,4)5;/h6H,1,7-9H2,2-5H3;1H/q+1;/p-1. The fraction of sp³-hybridized carbons (Fsp3) is 0.700. The number of halogens is 1. The van der Waals surface area contributed by atoms with Gasteiger partial charge in [-0.15, -0.1) is 0 Å². The van der Waals surface area contributed by atoms with Crippen LogP contribution >= 0.6 is 0 Å². The van der Waals surface area contributed by atoms with Crippen LogP contribution in [0.2, 0.25) is 0 Å². The molecule has 4 heteroatoms. The molecule has 0 aliphatic heterocycles. The van der Waals surface area contributed by atoms with Crippen LogP contribution < -0.4 is 17.0 Å². The summed E-state index contributed by atoms with van der Waals surface area (Å²) >= 11 is 0. The van der Waals surface area contributed by atoms with Gasteiger partial charge in [0.05, 0.1) is 27.7 Å². The molecular weight excluding hydrogens is 244 g/mol. The number of rotatable bonds is 5. The molecule has 3 nitrogen and oxygen atoms in total. The van der Waals surface area contributed by atoms with Crippen LogP contribution in [0.15, 0.2) is 12.7 Å². The van der Waals surface area contributed by atoms with Gasteiger partial charge in [0, 0.05) is 20.0 Å². The molecule has 0 aromatic rings. The van der Waals surface area contributed by atoms with Crippen molar-refractivity contribution in [3.8, 4) is 0 Å². The molecule has 0 unspecified atom stereocenters. The van der Waals surface area contributed by atoms with Gasteiger partial charge < -0.3 is 26.4 Å². The third kappa shape index (κ3) is 8.26. The van der Waals surface area contributed by atoms with Gasteiger partial charge in [-0.1, -0.05) is 6.58 Å². The Bertz CT molecular complexity index is 187. The predicted octanol–water partition coefficient (Wildman–Crippen LogP) is -2.27. The highest BCUT2D eigenvalue weighted by Gasteiger charge is 2.08. The second-order valence-electron chi connectivity index (χ2n) is 4.33. The van der Waals surface area contributed by atoms with Crippen LogP contribution in [-0.2, 0) is 4.79 Å². The Morgan fingerprint density at radius 2 is 1.93 bits per heavy atom. The molecule has 0 atom stereocenters. The first-order chi connectivity index (χ1) is 5.87. The lowest BCUT2D eigenvalue weighted by molar-refractivity contribution is -0.870. The van der Waals surface area contributed by atoms with E-state index in [1.807, 2.05) is 0 Å². The van der Waals surface area contributed by atoms with Crippen molar-refractivity contribution in [2.75, 3.05) is 41.3 Å². The minimum Gasteiger partial charge on any atom is -1.00 e. The maximum Gasteiger partial charge on any atom is 0.245 e. The number of likely N-dealkylation sites (N-methyl/N-ethyl adjacent to an activating group) is 1. The van der Waals surface area contributed by atoms with Crippen LogP contribution in [0.1, 0.15) is 6.42 Å². The summed E-state index contributed by atoms with van der Waals surface area (Å²) in [6, 6.07) is 0. The van der Waals surface area contributed by atoms with Crippen molar-refractivity contribution in [3.63, 3.8) is 0 Å². The molecule has 0 N–H and O–H groups in total. The van der Waals surface area contributed by atoms with Crippen LogP contribution in [0.25, 0.3) is 0 Å². The smallest absolute Gasteiger partial charge is 0.245 e. The third-order valence-electron chi connectivity index (χ3n) is 1.87. The van der Waals surface area contributed by atoms with Gasteiger partial charge in [0.15, 0.2) is 0 Å². The molecule has 14 heavy (non-hydrogen) atoms. The van der Waals surface area contributed by atoms with E-state index in [0.717, 1.165) is 24.0 Å². The molecule has 0 aliphatic carbocycles. The van der Waals surface area contributed by atoms with Crippen molar-refractivity contribution < 1.29 is 26.3 Å². The summed E-state index contributed by atoms with van der Waals surface area (Å²) in [6.45, 7) is 5.33. The molecule has 0 aliphatic rings. The zero-order chi connectivity index (χ0) is 10.5. The lowest BCUT2D eigenvalue weighted by atomic mass is 10.3. The summed E-state index contributed by atoms with van der Waals surface area (Å²) in [7, 11) is 8.25. The summed E-state index contributed by atoms with van der Waals surface area (Å²) in [6.07, 6.45) is 2.38. The summed E-state index contributed by atoms with van der Waals surface area (Å²) < 4.78 is 0.941. The number of quaternary nitrogens is 1. The number of nitrogens with zero attached hydrogens (tertiary/aromatic N) is 2. The minimum absolute atomic E-state index is 0. The number of hydrogen-bond acceptors (Lipinski definition) is 1. The summed E-state index contributed by atoms with van der Waals surface area (Å²) in [4.78, 5) is 12.8. The average Bonchev–Trinajstić information content (AvgIpc) is 2.00. The Hall–Kier alpha value is -0.350. The molecule has 0 aromatic heterocycles. The van der Waals surface area contributed by atoms with E-state index >= 15 is 0 Å². The van der Waals surface area contributed by atoms with Crippen molar-refractivity contribution in [1.82, 2.24) is 4.90 Å². The molecule has 0 heterocycles. The van der Waals surface area contributed by atoms with Gasteiger partial charge >= 0.3 is 0 Å². The maximum atomic E-state index is 11.1. The van der Waals surface area contributed by atoms with Crippen LogP contribution in [0.3, 0.4) is 0 Å². The highest BCUT2D eigenvalue weighted by molar-refractivity contribution is 5.86. The summed E-state index contributed by atoms with van der Waals surface area (Å²) in [5.74, 6) is 0.00130. The Morgan fingerprint density at radius 1 is 1.43 bits per heavy atom. The number of carbonyl (C=O) groups is 1. The van der Waals surface area contributed by atoms with E-state index in [-0.39, 0.29) is 22.9 Å². The highest BCUT2D eigenvalue weighted by Crippen LogP contribution is 1.96.